The van der Waals surface area contributed by atoms with Crippen molar-refractivity contribution in [3.63, 3.8) is 0 Å². The maximum atomic E-state index is 12.3. The van der Waals surface area contributed by atoms with E-state index < -0.39 is 6.61 Å². The Morgan fingerprint density at radius 3 is 2.58 bits per heavy atom. The monoisotopic (exact) mass is 347 g/mol. The summed E-state index contributed by atoms with van der Waals surface area (Å²) in [4.78, 5) is 1.09. The van der Waals surface area contributed by atoms with Gasteiger partial charge in [0.2, 0.25) is 0 Å². The molecule has 0 saturated heterocycles. The molecule has 2 rings (SSSR count). The van der Waals surface area contributed by atoms with Crippen LogP contribution in [0.4, 0.5) is 8.78 Å². The minimum absolute atomic E-state index is 0.139. The summed E-state index contributed by atoms with van der Waals surface area (Å²) < 4.78 is 30.2. The molecule has 2 nitrogen and oxygen atoms in total. The summed E-state index contributed by atoms with van der Waals surface area (Å²) in [6, 6.07) is 10.2. The molecular weight excluding hydrogens is 336 g/mol. The summed E-state index contributed by atoms with van der Waals surface area (Å²) in [6.07, 6.45) is 0.583. The lowest BCUT2D eigenvalue weighted by Gasteiger charge is -2.15. The molecule has 0 aliphatic rings. The van der Waals surface area contributed by atoms with Gasteiger partial charge >= 0.3 is 6.61 Å². The number of hydrogen-bond donors (Lipinski definition) is 1. The molecule has 2 N–H and O–H groups in total. The van der Waals surface area contributed by atoms with Gasteiger partial charge in [0.1, 0.15) is 5.75 Å². The fraction of sp³-hybridized carbons (Fsp3) is 0.231. The first-order valence-electron chi connectivity index (χ1n) is 5.60. The van der Waals surface area contributed by atoms with Gasteiger partial charge in [-0.05, 0) is 34.1 Å². The third-order valence-electron chi connectivity index (χ3n) is 2.58. The van der Waals surface area contributed by atoms with Crippen molar-refractivity contribution in [2.75, 3.05) is 0 Å². The summed E-state index contributed by atoms with van der Waals surface area (Å²) in [5.74, 6) is 0.139. The molecule has 19 heavy (non-hydrogen) atoms. The molecule has 102 valence electrons. The molecule has 1 aromatic heterocycles. The molecule has 0 bridgehead atoms. The maximum Gasteiger partial charge on any atom is 0.387 e. The number of hydrogen-bond acceptors (Lipinski definition) is 3. The lowest BCUT2D eigenvalue weighted by atomic mass is 10.0. The van der Waals surface area contributed by atoms with E-state index in [0.717, 1.165) is 8.66 Å². The van der Waals surface area contributed by atoms with Crippen LogP contribution in [-0.4, -0.2) is 6.61 Å². The zero-order valence-electron chi connectivity index (χ0n) is 9.85. The average molecular weight is 348 g/mol. The predicted octanol–water partition coefficient (Wildman–Crippen LogP) is 4.35. The number of para-hydroxylation sites is 1. The van der Waals surface area contributed by atoms with Crippen molar-refractivity contribution >= 4 is 27.3 Å². The highest BCUT2D eigenvalue weighted by molar-refractivity contribution is 9.11. The standard InChI is InChI=1S/C13H12BrF2NOS/c14-12-6-5-8(19-12)7-10(17)9-3-1-2-4-11(9)18-13(15)16/h1-6,10,13H,7,17H2. The lowest BCUT2D eigenvalue weighted by Crippen LogP contribution is -2.15. The van der Waals surface area contributed by atoms with E-state index in [9.17, 15) is 8.78 Å². The van der Waals surface area contributed by atoms with Crippen LogP contribution < -0.4 is 10.5 Å². The van der Waals surface area contributed by atoms with E-state index in [2.05, 4.69) is 20.7 Å². The van der Waals surface area contributed by atoms with E-state index in [0.29, 0.717) is 12.0 Å². The van der Waals surface area contributed by atoms with Crippen LogP contribution in [0.15, 0.2) is 40.2 Å². The zero-order chi connectivity index (χ0) is 13.8. The van der Waals surface area contributed by atoms with Gasteiger partial charge < -0.3 is 10.5 Å². The number of rotatable bonds is 5. The number of benzene rings is 1. The summed E-state index contributed by atoms with van der Waals surface area (Å²) in [5.41, 5.74) is 6.67. The van der Waals surface area contributed by atoms with E-state index >= 15 is 0 Å². The molecular formula is C13H12BrF2NOS. The van der Waals surface area contributed by atoms with Gasteiger partial charge in [0.05, 0.1) is 3.79 Å². The van der Waals surface area contributed by atoms with Crippen LogP contribution in [-0.2, 0) is 6.42 Å². The summed E-state index contributed by atoms with van der Waals surface area (Å²) in [5, 5.41) is 0. The van der Waals surface area contributed by atoms with Gasteiger partial charge in [-0.25, -0.2) is 0 Å². The topological polar surface area (TPSA) is 35.2 Å². The normalized spacial score (nSPS) is 12.7. The molecule has 0 radical (unpaired) electrons. The number of nitrogens with two attached hydrogens (primary N) is 1. The van der Waals surface area contributed by atoms with Crippen molar-refractivity contribution < 1.29 is 13.5 Å². The van der Waals surface area contributed by atoms with Crippen LogP contribution in [0.2, 0.25) is 0 Å². The van der Waals surface area contributed by atoms with Crippen LogP contribution in [0.3, 0.4) is 0 Å². The Labute approximate surface area is 122 Å². The van der Waals surface area contributed by atoms with Crippen molar-refractivity contribution in [3.05, 3.63) is 50.6 Å². The van der Waals surface area contributed by atoms with E-state index in [1.807, 2.05) is 12.1 Å². The van der Waals surface area contributed by atoms with E-state index in [4.69, 9.17) is 5.73 Å². The second-order valence-corrected chi connectivity index (χ2v) is 6.48. The smallest absolute Gasteiger partial charge is 0.387 e. The van der Waals surface area contributed by atoms with Crippen molar-refractivity contribution in [2.45, 2.75) is 19.1 Å². The zero-order valence-corrected chi connectivity index (χ0v) is 12.3. The Hall–Kier alpha value is -0.980. The highest BCUT2D eigenvalue weighted by atomic mass is 79.9. The molecule has 1 aromatic carbocycles. The van der Waals surface area contributed by atoms with E-state index in [1.165, 1.54) is 6.07 Å². The molecule has 0 fully saturated rings. The summed E-state index contributed by atoms with van der Waals surface area (Å²) in [6.45, 7) is -2.84. The molecule has 1 heterocycles. The Morgan fingerprint density at radius 1 is 1.21 bits per heavy atom. The molecule has 1 unspecified atom stereocenters. The van der Waals surface area contributed by atoms with Crippen LogP contribution in [0, 0.1) is 0 Å². The number of halogens is 3. The number of ether oxygens (including phenoxy) is 1. The third-order valence-corrected chi connectivity index (χ3v) is 4.23. The van der Waals surface area contributed by atoms with Gasteiger partial charge in [-0.1, -0.05) is 18.2 Å². The second kappa shape index (κ2) is 6.45. The summed E-state index contributed by atoms with van der Waals surface area (Å²) in [7, 11) is 0. The Balaban J connectivity index is 2.16. The molecule has 6 heteroatoms. The van der Waals surface area contributed by atoms with E-state index in [-0.39, 0.29) is 11.8 Å². The molecule has 2 aromatic rings. The minimum Gasteiger partial charge on any atom is -0.434 e. The van der Waals surface area contributed by atoms with Gasteiger partial charge in [0.25, 0.3) is 0 Å². The average Bonchev–Trinajstić information content (AvgIpc) is 2.74. The maximum absolute atomic E-state index is 12.3. The van der Waals surface area contributed by atoms with Crippen molar-refractivity contribution in [1.29, 1.82) is 0 Å². The third kappa shape index (κ3) is 3.99. The SMILES string of the molecule is NC(Cc1ccc(Br)s1)c1ccccc1OC(F)F. The van der Waals surface area contributed by atoms with Crippen LogP contribution in [0.25, 0.3) is 0 Å². The first-order valence-corrected chi connectivity index (χ1v) is 7.20. The largest absolute Gasteiger partial charge is 0.434 e. The highest BCUT2D eigenvalue weighted by Crippen LogP contribution is 2.30. The second-order valence-electron chi connectivity index (χ2n) is 3.93. The lowest BCUT2D eigenvalue weighted by molar-refractivity contribution is -0.0506. The number of alkyl halides is 2. The quantitative estimate of drug-likeness (QED) is 0.872. The fourth-order valence-corrected chi connectivity index (χ4v) is 3.32. The van der Waals surface area contributed by atoms with Crippen molar-refractivity contribution in [1.82, 2.24) is 0 Å². The molecule has 0 saturated carbocycles. The highest BCUT2D eigenvalue weighted by Gasteiger charge is 2.15. The van der Waals surface area contributed by atoms with Gasteiger partial charge in [0, 0.05) is 22.9 Å². The predicted molar refractivity (Wildman–Crippen MR) is 75.7 cm³/mol. The van der Waals surface area contributed by atoms with Gasteiger partial charge in [0.15, 0.2) is 0 Å². The first-order chi connectivity index (χ1) is 9.06. The fourth-order valence-electron chi connectivity index (χ4n) is 1.78. The van der Waals surface area contributed by atoms with Gasteiger partial charge in [-0.3, -0.25) is 0 Å². The van der Waals surface area contributed by atoms with Gasteiger partial charge in [-0.15, -0.1) is 11.3 Å². The Kier molecular flexibility index (Phi) is 4.90. The molecule has 0 aliphatic heterocycles. The number of thiophene rings is 1. The molecule has 0 aliphatic carbocycles. The van der Waals surface area contributed by atoms with E-state index in [1.54, 1.807) is 29.5 Å². The van der Waals surface area contributed by atoms with Crippen LogP contribution in [0.1, 0.15) is 16.5 Å². The molecule has 0 amide bonds. The summed E-state index contributed by atoms with van der Waals surface area (Å²) >= 11 is 4.96. The Morgan fingerprint density at radius 2 is 1.95 bits per heavy atom. The van der Waals surface area contributed by atoms with Crippen molar-refractivity contribution in [2.24, 2.45) is 5.73 Å². The molecule has 0 spiro atoms. The first kappa shape index (κ1) is 14.4. The van der Waals surface area contributed by atoms with Crippen LogP contribution >= 0.6 is 27.3 Å². The minimum atomic E-state index is -2.84. The van der Waals surface area contributed by atoms with Crippen LogP contribution in [0.5, 0.6) is 5.75 Å². The van der Waals surface area contributed by atoms with Gasteiger partial charge in [-0.2, -0.15) is 8.78 Å². The molecule has 1 atom stereocenters. The Bertz CT molecular complexity index is 547. The van der Waals surface area contributed by atoms with Crippen molar-refractivity contribution in [3.8, 4) is 5.75 Å².